The van der Waals surface area contributed by atoms with Crippen molar-refractivity contribution >= 4 is 44.9 Å². The van der Waals surface area contributed by atoms with Gasteiger partial charge in [-0.2, -0.15) is 0 Å². The summed E-state index contributed by atoms with van der Waals surface area (Å²) < 4.78 is 5.82. The maximum atomic E-state index is 13.4. The Morgan fingerprint density at radius 1 is 1.13 bits per heavy atom. The number of benzene rings is 3. The molecule has 1 atom stereocenters. The summed E-state index contributed by atoms with van der Waals surface area (Å²) in [6, 6.07) is 19.0. The third kappa shape index (κ3) is 3.99. The Morgan fingerprint density at radius 2 is 1.84 bits per heavy atom. The molecule has 0 fully saturated rings. The van der Waals surface area contributed by atoms with E-state index in [4.69, 9.17) is 16.3 Å². The third-order valence-electron chi connectivity index (χ3n) is 5.41. The number of ether oxygens (including phenoxy) is 1. The van der Waals surface area contributed by atoms with Crippen molar-refractivity contribution in [3.05, 3.63) is 92.9 Å². The van der Waals surface area contributed by atoms with E-state index in [0.29, 0.717) is 32.1 Å². The Morgan fingerprint density at radius 3 is 2.52 bits per heavy atom. The van der Waals surface area contributed by atoms with E-state index in [9.17, 15) is 14.7 Å². The lowest BCUT2D eigenvalue weighted by molar-refractivity contribution is -0.136. The zero-order valence-electron chi connectivity index (χ0n) is 16.6. The van der Waals surface area contributed by atoms with Gasteiger partial charge in [0, 0.05) is 20.6 Å². The highest BCUT2D eigenvalue weighted by Crippen LogP contribution is 2.45. The van der Waals surface area contributed by atoms with Crippen molar-refractivity contribution in [1.29, 1.82) is 0 Å². The first-order valence-electron chi connectivity index (χ1n) is 9.58. The molecule has 4 rings (SSSR count). The standard InChI is InChI=1S/C24H19BrClNO4/c1-31-18-9-6-15(7-10-18)22(28)13-24(30)19-12-17(25)8-11-21(19)27(23(24)29)14-16-4-2-3-5-20(16)26/h2-12,30H,13-14H2,1H3/t24-/m0/s1. The van der Waals surface area contributed by atoms with Crippen molar-refractivity contribution in [3.63, 3.8) is 0 Å². The van der Waals surface area contributed by atoms with Crippen molar-refractivity contribution in [1.82, 2.24) is 0 Å². The summed E-state index contributed by atoms with van der Waals surface area (Å²) >= 11 is 9.69. The second-order valence-corrected chi connectivity index (χ2v) is 8.66. The van der Waals surface area contributed by atoms with E-state index in [2.05, 4.69) is 15.9 Å². The fourth-order valence-electron chi connectivity index (χ4n) is 3.76. The minimum atomic E-state index is -1.97. The highest BCUT2D eigenvalue weighted by atomic mass is 79.9. The first-order chi connectivity index (χ1) is 14.8. The molecule has 1 aliphatic heterocycles. The molecular formula is C24H19BrClNO4. The van der Waals surface area contributed by atoms with E-state index in [-0.39, 0.29) is 18.7 Å². The molecule has 1 heterocycles. The van der Waals surface area contributed by atoms with Crippen LogP contribution in [0, 0.1) is 0 Å². The number of hydrogen-bond donors (Lipinski definition) is 1. The van der Waals surface area contributed by atoms with Gasteiger partial charge in [0.25, 0.3) is 5.91 Å². The largest absolute Gasteiger partial charge is 0.497 e. The minimum Gasteiger partial charge on any atom is -0.497 e. The van der Waals surface area contributed by atoms with Crippen LogP contribution in [0.1, 0.15) is 27.9 Å². The van der Waals surface area contributed by atoms with Gasteiger partial charge in [-0.1, -0.05) is 45.7 Å². The molecular weight excluding hydrogens is 482 g/mol. The predicted molar refractivity (Wildman–Crippen MR) is 123 cm³/mol. The van der Waals surface area contributed by atoms with Gasteiger partial charge in [0.1, 0.15) is 5.75 Å². The summed E-state index contributed by atoms with van der Waals surface area (Å²) in [5.74, 6) is -0.279. The lowest BCUT2D eigenvalue weighted by Crippen LogP contribution is -2.41. The van der Waals surface area contributed by atoms with Crippen molar-refractivity contribution in [2.75, 3.05) is 12.0 Å². The van der Waals surface area contributed by atoms with Crippen LogP contribution in [0.4, 0.5) is 5.69 Å². The Labute approximate surface area is 193 Å². The number of anilines is 1. The van der Waals surface area contributed by atoms with E-state index in [1.54, 1.807) is 55.6 Å². The summed E-state index contributed by atoms with van der Waals surface area (Å²) in [5, 5.41) is 12.0. The number of carbonyl (C=O) groups excluding carboxylic acids is 2. The van der Waals surface area contributed by atoms with Crippen LogP contribution in [0.5, 0.6) is 5.75 Å². The molecule has 0 aromatic heterocycles. The predicted octanol–water partition coefficient (Wildman–Crippen LogP) is 5.12. The Balaban J connectivity index is 1.70. The van der Waals surface area contributed by atoms with Crippen molar-refractivity contribution in [2.24, 2.45) is 0 Å². The number of rotatable bonds is 6. The minimum absolute atomic E-state index is 0.187. The molecule has 158 valence electrons. The number of ketones is 1. The van der Waals surface area contributed by atoms with Crippen LogP contribution in [0.2, 0.25) is 5.02 Å². The number of hydrogen-bond acceptors (Lipinski definition) is 4. The molecule has 0 radical (unpaired) electrons. The molecule has 1 aliphatic rings. The lowest BCUT2D eigenvalue weighted by atomic mass is 9.88. The van der Waals surface area contributed by atoms with Crippen LogP contribution in [-0.2, 0) is 16.9 Å². The molecule has 1 amide bonds. The van der Waals surface area contributed by atoms with Crippen LogP contribution < -0.4 is 9.64 Å². The van der Waals surface area contributed by atoms with E-state index >= 15 is 0 Å². The number of amides is 1. The van der Waals surface area contributed by atoms with Gasteiger partial charge in [-0.05, 0) is 54.1 Å². The average Bonchev–Trinajstić information content (AvgIpc) is 2.96. The van der Waals surface area contributed by atoms with Crippen molar-refractivity contribution in [2.45, 2.75) is 18.6 Å². The van der Waals surface area contributed by atoms with Gasteiger partial charge in [0.05, 0.1) is 25.8 Å². The first-order valence-corrected chi connectivity index (χ1v) is 10.8. The molecule has 3 aromatic carbocycles. The van der Waals surface area contributed by atoms with Gasteiger partial charge < -0.3 is 14.7 Å². The zero-order valence-corrected chi connectivity index (χ0v) is 19.0. The van der Waals surface area contributed by atoms with Gasteiger partial charge >= 0.3 is 0 Å². The third-order valence-corrected chi connectivity index (χ3v) is 6.27. The quantitative estimate of drug-likeness (QED) is 0.477. The zero-order chi connectivity index (χ0) is 22.2. The van der Waals surface area contributed by atoms with Crippen LogP contribution >= 0.6 is 27.5 Å². The molecule has 31 heavy (non-hydrogen) atoms. The van der Waals surface area contributed by atoms with Crippen LogP contribution in [0.15, 0.2) is 71.2 Å². The number of fused-ring (bicyclic) bond motifs is 1. The normalized spacial score (nSPS) is 17.5. The van der Waals surface area contributed by atoms with Gasteiger partial charge in [-0.15, -0.1) is 0 Å². The smallest absolute Gasteiger partial charge is 0.264 e. The van der Waals surface area contributed by atoms with E-state index in [1.165, 1.54) is 4.90 Å². The van der Waals surface area contributed by atoms with E-state index in [1.807, 2.05) is 18.2 Å². The van der Waals surface area contributed by atoms with Gasteiger partial charge in [0.2, 0.25) is 0 Å². The molecule has 0 saturated carbocycles. The maximum Gasteiger partial charge on any atom is 0.264 e. The topological polar surface area (TPSA) is 66.8 Å². The number of methoxy groups -OCH3 is 1. The van der Waals surface area contributed by atoms with Crippen LogP contribution in [-0.4, -0.2) is 23.9 Å². The maximum absolute atomic E-state index is 13.4. The number of halogens is 2. The monoisotopic (exact) mass is 499 g/mol. The summed E-state index contributed by atoms with van der Waals surface area (Å²) in [6.07, 6.45) is -0.374. The van der Waals surface area contributed by atoms with Crippen LogP contribution in [0.3, 0.4) is 0 Å². The molecule has 0 spiro atoms. The number of carbonyl (C=O) groups is 2. The molecule has 0 saturated heterocycles. The molecule has 0 bridgehead atoms. The lowest BCUT2D eigenvalue weighted by Gasteiger charge is -2.23. The van der Waals surface area contributed by atoms with Crippen molar-refractivity contribution in [3.8, 4) is 5.75 Å². The Bertz CT molecular complexity index is 1160. The highest BCUT2D eigenvalue weighted by molar-refractivity contribution is 9.10. The fraction of sp³-hybridized carbons (Fsp3) is 0.167. The number of Topliss-reactive ketones (excluding diaryl/α,β-unsaturated/α-hetero) is 1. The SMILES string of the molecule is COc1ccc(C(=O)C[C@@]2(O)C(=O)N(Cc3ccccc3Cl)c3ccc(Br)cc32)cc1. The molecule has 3 aromatic rings. The second-order valence-electron chi connectivity index (χ2n) is 7.33. The van der Waals surface area contributed by atoms with E-state index < -0.39 is 11.5 Å². The Kier molecular flexibility index (Phi) is 5.88. The van der Waals surface area contributed by atoms with Crippen LogP contribution in [0.25, 0.3) is 0 Å². The summed E-state index contributed by atoms with van der Waals surface area (Å²) in [7, 11) is 1.54. The second kappa shape index (κ2) is 8.46. The summed E-state index contributed by atoms with van der Waals surface area (Å²) in [6.45, 7) is 0.187. The van der Waals surface area contributed by atoms with Gasteiger partial charge in [-0.3, -0.25) is 9.59 Å². The molecule has 7 heteroatoms. The molecule has 1 N–H and O–H groups in total. The fourth-order valence-corrected chi connectivity index (χ4v) is 4.32. The van der Waals surface area contributed by atoms with Crippen molar-refractivity contribution < 1.29 is 19.4 Å². The number of aliphatic hydroxyl groups is 1. The first kappa shape index (κ1) is 21.6. The summed E-state index contributed by atoms with van der Waals surface area (Å²) in [5.41, 5.74) is 0.108. The highest BCUT2D eigenvalue weighted by Gasteiger charge is 2.51. The number of nitrogens with zero attached hydrogens (tertiary/aromatic N) is 1. The Hall–Kier alpha value is -2.67. The molecule has 0 aliphatic carbocycles. The molecule has 0 unspecified atom stereocenters. The molecule has 5 nitrogen and oxygen atoms in total. The van der Waals surface area contributed by atoms with E-state index in [0.717, 1.165) is 5.56 Å². The van der Waals surface area contributed by atoms with Gasteiger partial charge in [-0.25, -0.2) is 0 Å². The average molecular weight is 501 g/mol. The van der Waals surface area contributed by atoms with Gasteiger partial charge in [0.15, 0.2) is 11.4 Å². The summed E-state index contributed by atoms with van der Waals surface area (Å²) in [4.78, 5) is 27.9.